The summed E-state index contributed by atoms with van der Waals surface area (Å²) in [5, 5.41) is 3.51. The average Bonchev–Trinajstić information content (AvgIpc) is 2.01. The van der Waals surface area contributed by atoms with Crippen molar-refractivity contribution in [2.45, 2.75) is 47.1 Å². The van der Waals surface area contributed by atoms with Gasteiger partial charge in [0.2, 0.25) is 0 Å². The third-order valence-electron chi connectivity index (χ3n) is 2.67. The Morgan fingerprint density at radius 3 is 2.14 bits per heavy atom. The second-order valence-electron chi connectivity index (χ2n) is 5.41. The van der Waals surface area contributed by atoms with E-state index in [2.05, 4.69) is 39.9 Å². The van der Waals surface area contributed by atoms with Gasteiger partial charge in [-0.05, 0) is 24.3 Å². The number of hydrogen-bond donors (Lipinski definition) is 1. The van der Waals surface area contributed by atoms with E-state index in [0.29, 0.717) is 17.4 Å². The molecule has 1 unspecified atom stereocenters. The minimum Gasteiger partial charge on any atom is -0.385 e. The summed E-state index contributed by atoms with van der Waals surface area (Å²) < 4.78 is 5.15. The zero-order valence-corrected chi connectivity index (χ0v) is 10.7. The smallest absolute Gasteiger partial charge is 0.0465 e. The Labute approximate surface area is 89.4 Å². The Bertz CT molecular complexity index is 138. The van der Waals surface area contributed by atoms with Crippen molar-refractivity contribution in [2.24, 2.45) is 11.3 Å². The normalized spacial score (nSPS) is 14.8. The Balaban J connectivity index is 3.98. The van der Waals surface area contributed by atoms with Crippen molar-refractivity contribution >= 4 is 0 Å². The number of rotatable bonds is 6. The molecule has 0 aliphatic heterocycles. The minimum atomic E-state index is 0.362. The van der Waals surface area contributed by atoms with Gasteiger partial charge in [0, 0.05) is 19.8 Å². The molecule has 0 amide bonds. The van der Waals surface area contributed by atoms with Gasteiger partial charge in [0.1, 0.15) is 0 Å². The summed E-state index contributed by atoms with van der Waals surface area (Å²) in [7, 11) is 1.77. The van der Waals surface area contributed by atoms with Crippen LogP contribution in [0.3, 0.4) is 0 Å². The van der Waals surface area contributed by atoms with Gasteiger partial charge >= 0.3 is 0 Å². The maximum atomic E-state index is 5.15. The summed E-state index contributed by atoms with van der Waals surface area (Å²) >= 11 is 0. The van der Waals surface area contributed by atoms with Crippen LogP contribution in [0, 0.1) is 11.3 Å². The highest BCUT2D eigenvalue weighted by Crippen LogP contribution is 2.28. The van der Waals surface area contributed by atoms with Crippen molar-refractivity contribution in [1.29, 1.82) is 0 Å². The third kappa shape index (κ3) is 6.39. The van der Waals surface area contributed by atoms with Gasteiger partial charge in [0.15, 0.2) is 0 Å². The lowest BCUT2D eigenvalue weighted by Gasteiger charge is -2.31. The molecule has 0 aliphatic rings. The van der Waals surface area contributed by atoms with Crippen molar-refractivity contribution in [3.05, 3.63) is 0 Å². The Kier molecular flexibility index (Phi) is 6.38. The highest BCUT2D eigenvalue weighted by Gasteiger charge is 2.23. The van der Waals surface area contributed by atoms with E-state index in [9.17, 15) is 0 Å². The van der Waals surface area contributed by atoms with Crippen LogP contribution in [0.5, 0.6) is 0 Å². The molecular weight excluding hydrogens is 174 g/mol. The molecule has 0 spiro atoms. The van der Waals surface area contributed by atoms with Gasteiger partial charge in [0.05, 0.1) is 0 Å². The van der Waals surface area contributed by atoms with Gasteiger partial charge in [-0.3, -0.25) is 0 Å². The van der Waals surface area contributed by atoms with E-state index in [-0.39, 0.29) is 0 Å². The zero-order valence-electron chi connectivity index (χ0n) is 10.7. The van der Waals surface area contributed by atoms with Crippen LogP contribution < -0.4 is 5.32 Å². The van der Waals surface area contributed by atoms with Crippen molar-refractivity contribution < 1.29 is 4.74 Å². The molecule has 0 aromatic heterocycles. The molecule has 0 heterocycles. The summed E-state index contributed by atoms with van der Waals surface area (Å²) in [6.07, 6.45) is 1.14. The molecular formula is C12H27NO. The van der Waals surface area contributed by atoms with Gasteiger partial charge in [-0.2, -0.15) is 0 Å². The van der Waals surface area contributed by atoms with Crippen LogP contribution in [-0.4, -0.2) is 26.3 Å². The second-order valence-corrected chi connectivity index (χ2v) is 5.41. The first-order valence-corrected chi connectivity index (χ1v) is 5.60. The quantitative estimate of drug-likeness (QED) is 0.713. The van der Waals surface area contributed by atoms with Crippen LogP contribution in [-0.2, 0) is 4.74 Å². The Morgan fingerprint density at radius 2 is 1.79 bits per heavy atom. The fraction of sp³-hybridized carbons (Fsp3) is 1.00. The SMILES string of the molecule is COCCC(CNC(C)C)C(C)(C)C. The summed E-state index contributed by atoms with van der Waals surface area (Å²) in [5.41, 5.74) is 0.362. The molecule has 0 aromatic rings. The number of methoxy groups -OCH3 is 1. The number of ether oxygens (including phenoxy) is 1. The van der Waals surface area contributed by atoms with E-state index in [1.807, 2.05) is 0 Å². The van der Waals surface area contributed by atoms with Gasteiger partial charge in [-0.15, -0.1) is 0 Å². The first-order valence-electron chi connectivity index (χ1n) is 5.60. The highest BCUT2D eigenvalue weighted by molar-refractivity contribution is 4.76. The minimum absolute atomic E-state index is 0.362. The molecule has 0 aliphatic carbocycles. The lowest BCUT2D eigenvalue weighted by Crippen LogP contribution is -2.35. The van der Waals surface area contributed by atoms with Gasteiger partial charge < -0.3 is 10.1 Å². The predicted octanol–water partition coefficient (Wildman–Crippen LogP) is 2.68. The van der Waals surface area contributed by atoms with Crippen molar-refractivity contribution in [1.82, 2.24) is 5.32 Å². The lowest BCUT2D eigenvalue weighted by molar-refractivity contribution is 0.133. The standard InChI is InChI=1S/C12H27NO/c1-10(2)13-9-11(7-8-14-6)12(3,4)5/h10-11,13H,7-9H2,1-6H3. The molecule has 14 heavy (non-hydrogen) atoms. The second kappa shape index (κ2) is 6.41. The van der Waals surface area contributed by atoms with Gasteiger partial charge in [-0.25, -0.2) is 0 Å². The van der Waals surface area contributed by atoms with Crippen molar-refractivity contribution in [3.8, 4) is 0 Å². The topological polar surface area (TPSA) is 21.3 Å². The van der Waals surface area contributed by atoms with E-state index >= 15 is 0 Å². The fourth-order valence-corrected chi connectivity index (χ4v) is 1.48. The molecule has 0 bridgehead atoms. The Morgan fingerprint density at radius 1 is 1.21 bits per heavy atom. The summed E-state index contributed by atoms with van der Waals surface area (Å²) in [5.74, 6) is 0.685. The molecule has 0 rings (SSSR count). The monoisotopic (exact) mass is 201 g/mol. The summed E-state index contributed by atoms with van der Waals surface area (Å²) in [6.45, 7) is 13.2. The molecule has 0 radical (unpaired) electrons. The summed E-state index contributed by atoms with van der Waals surface area (Å²) in [4.78, 5) is 0. The van der Waals surface area contributed by atoms with E-state index in [0.717, 1.165) is 19.6 Å². The molecule has 1 atom stereocenters. The molecule has 0 fully saturated rings. The van der Waals surface area contributed by atoms with Crippen LogP contribution in [0.15, 0.2) is 0 Å². The van der Waals surface area contributed by atoms with E-state index in [1.54, 1.807) is 7.11 Å². The van der Waals surface area contributed by atoms with E-state index in [1.165, 1.54) is 0 Å². The maximum absolute atomic E-state index is 5.15. The molecule has 2 nitrogen and oxygen atoms in total. The first kappa shape index (κ1) is 13.9. The number of nitrogens with one attached hydrogen (secondary N) is 1. The number of hydrogen-bond acceptors (Lipinski definition) is 2. The third-order valence-corrected chi connectivity index (χ3v) is 2.67. The van der Waals surface area contributed by atoms with Crippen LogP contribution in [0.2, 0.25) is 0 Å². The van der Waals surface area contributed by atoms with Gasteiger partial charge in [-0.1, -0.05) is 34.6 Å². The highest BCUT2D eigenvalue weighted by atomic mass is 16.5. The van der Waals surface area contributed by atoms with Crippen LogP contribution in [0.25, 0.3) is 0 Å². The molecule has 1 N–H and O–H groups in total. The molecule has 2 heteroatoms. The van der Waals surface area contributed by atoms with Crippen LogP contribution in [0.1, 0.15) is 41.0 Å². The van der Waals surface area contributed by atoms with Crippen molar-refractivity contribution in [3.63, 3.8) is 0 Å². The predicted molar refractivity (Wildman–Crippen MR) is 62.6 cm³/mol. The first-order chi connectivity index (χ1) is 6.38. The largest absolute Gasteiger partial charge is 0.385 e. The van der Waals surface area contributed by atoms with E-state index < -0.39 is 0 Å². The molecule has 0 saturated heterocycles. The molecule has 0 saturated carbocycles. The summed E-state index contributed by atoms with van der Waals surface area (Å²) in [6, 6.07) is 0.572. The maximum Gasteiger partial charge on any atom is 0.0465 e. The molecule has 86 valence electrons. The van der Waals surface area contributed by atoms with Crippen LogP contribution in [0.4, 0.5) is 0 Å². The van der Waals surface area contributed by atoms with E-state index in [4.69, 9.17) is 4.74 Å². The zero-order chi connectivity index (χ0) is 11.2. The van der Waals surface area contributed by atoms with Gasteiger partial charge in [0.25, 0.3) is 0 Å². The average molecular weight is 201 g/mol. The Hall–Kier alpha value is -0.0800. The van der Waals surface area contributed by atoms with Crippen molar-refractivity contribution in [2.75, 3.05) is 20.3 Å². The lowest BCUT2D eigenvalue weighted by atomic mass is 9.79. The fourth-order valence-electron chi connectivity index (χ4n) is 1.48. The molecule has 0 aromatic carbocycles. The van der Waals surface area contributed by atoms with Crippen LogP contribution >= 0.6 is 0 Å².